The third-order valence-electron chi connectivity index (χ3n) is 7.54. The molecule has 0 unspecified atom stereocenters. The summed E-state index contributed by atoms with van der Waals surface area (Å²) >= 11 is 5.59. The lowest BCUT2D eigenvalue weighted by atomic mass is 10.00. The first-order valence-corrected chi connectivity index (χ1v) is 15.9. The van der Waals surface area contributed by atoms with Gasteiger partial charge in [-0.2, -0.15) is 0 Å². The second-order valence-electron chi connectivity index (χ2n) is 10.3. The van der Waals surface area contributed by atoms with Crippen molar-refractivity contribution >= 4 is 44.8 Å². The number of likely N-dealkylation sites (N-methyl/N-ethyl adjacent to an activating group) is 1. The molecule has 0 aliphatic carbocycles. The number of hydrogen-bond acceptors (Lipinski definition) is 5. The molecule has 6 rings (SSSR count). The Morgan fingerprint density at radius 3 is 2.41 bits per heavy atom. The van der Waals surface area contributed by atoms with Crippen LogP contribution in [0.4, 0.5) is 0 Å². The molecule has 3 heterocycles. The Kier molecular flexibility index (Phi) is 9.43. The van der Waals surface area contributed by atoms with Crippen molar-refractivity contribution in [2.75, 3.05) is 27.2 Å². The summed E-state index contributed by atoms with van der Waals surface area (Å²) < 4.78 is 26.6. The number of rotatable bonds is 8. The number of amides is 2. The normalized spacial score (nSPS) is 12.8. The number of carbonyl (C=O) groups excluding carboxylic acids is 2. The van der Waals surface area contributed by atoms with E-state index in [-0.39, 0.29) is 10.8 Å². The molecule has 0 atom stereocenters. The van der Waals surface area contributed by atoms with E-state index in [1.165, 1.54) is 31.3 Å². The molecule has 2 aromatic heterocycles. The fraction of sp³-hybridized carbons (Fsp3) is 0.182. The second-order valence-corrected chi connectivity index (χ2v) is 12.6. The summed E-state index contributed by atoms with van der Waals surface area (Å²) in [6.45, 7) is 1.32. The van der Waals surface area contributed by atoms with Crippen molar-refractivity contribution in [3.63, 3.8) is 0 Å². The highest BCUT2D eigenvalue weighted by molar-refractivity contribution is 7.89. The summed E-state index contributed by atoms with van der Waals surface area (Å²) in [6.07, 6.45) is 5.94. The van der Waals surface area contributed by atoms with Crippen molar-refractivity contribution in [3.8, 4) is 16.8 Å². The molecule has 2 N–H and O–H groups in total. The first-order valence-electron chi connectivity index (χ1n) is 14.0. The molecule has 0 fully saturated rings. The molecule has 0 saturated heterocycles. The minimum Gasteiger partial charge on any atom is -0.358 e. The summed E-state index contributed by atoms with van der Waals surface area (Å²) in [5.74, 6) is 0.0460. The topological polar surface area (TPSA) is 113 Å². The molecule has 1 aliphatic heterocycles. The van der Waals surface area contributed by atoms with E-state index in [1.54, 1.807) is 11.1 Å². The molecule has 0 spiro atoms. The Hall–Kier alpha value is -4.51. The van der Waals surface area contributed by atoms with E-state index >= 15 is 0 Å². The maximum absolute atomic E-state index is 13.2. The van der Waals surface area contributed by atoms with Crippen molar-refractivity contribution in [2.24, 2.45) is 0 Å². The lowest BCUT2D eigenvalue weighted by Crippen LogP contribution is -2.35. The maximum atomic E-state index is 13.2. The van der Waals surface area contributed by atoms with Gasteiger partial charge in [-0.15, -0.1) is 0 Å². The molecule has 5 aromatic rings. The third-order valence-corrected chi connectivity index (χ3v) is 9.22. The second kappa shape index (κ2) is 13.4. The van der Waals surface area contributed by atoms with E-state index in [0.29, 0.717) is 24.5 Å². The Balaban J connectivity index is 0.000000270. The van der Waals surface area contributed by atoms with Crippen LogP contribution in [0.5, 0.6) is 0 Å². The zero-order valence-electron chi connectivity index (χ0n) is 24.3. The molecule has 0 radical (unpaired) electrons. The first-order chi connectivity index (χ1) is 21.2. The third kappa shape index (κ3) is 6.52. The SMILES string of the molecule is CN1CCc2c(n(-c3ccc(CCNC=O)cc3)c3ccc(-c4cccnc4)cc23)C1=O.CNS(=O)(=O)c1ccc(Cl)cc1. The molecule has 226 valence electrons. The van der Waals surface area contributed by atoms with Crippen LogP contribution < -0.4 is 10.0 Å². The van der Waals surface area contributed by atoms with Crippen molar-refractivity contribution in [1.29, 1.82) is 0 Å². The van der Waals surface area contributed by atoms with Crippen molar-refractivity contribution in [3.05, 3.63) is 113 Å². The van der Waals surface area contributed by atoms with Crippen LogP contribution in [0.1, 0.15) is 21.6 Å². The van der Waals surface area contributed by atoms with Gasteiger partial charge in [0.05, 0.1) is 10.4 Å². The highest BCUT2D eigenvalue weighted by Crippen LogP contribution is 2.35. The van der Waals surface area contributed by atoms with Crippen LogP contribution in [0.15, 0.2) is 96.2 Å². The number of pyridine rings is 1. The van der Waals surface area contributed by atoms with Gasteiger partial charge in [0.15, 0.2) is 0 Å². The van der Waals surface area contributed by atoms with Gasteiger partial charge in [-0.05, 0) is 91.2 Å². The monoisotopic (exact) mass is 629 g/mol. The summed E-state index contributed by atoms with van der Waals surface area (Å²) in [5.41, 5.74) is 7.12. The van der Waals surface area contributed by atoms with Gasteiger partial charge in [0.1, 0.15) is 5.69 Å². The maximum Gasteiger partial charge on any atom is 0.270 e. The van der Waals surface area contributed by atoms with E-state index in [4.69, 9.17) is 11.6 Å². The minimum atomic E-state index is -3.32. The zero-order valence-corrected chi connectivity index (χ0v) is 25.9. The van der Waals surface area contributed by atoms with Crippen LogP contribution in [0.2, 0.25) is 5.02 Å². The van der Waals surface area contributed by atoms with Crippen LogP contribution in [0.3, 0.4) is 0 Å². The Bertz CT molecular complexity index is 1890. The molecule has 0 saturated carbocycles. The van der Waals surface area contributed by atoms with Crippen LogP contribution >= 0.6 is 11.6 Å². The minimum absolute atomic E-state index is 0.0460. The average Bonchev–Trinajstić information content (AvgIpc) is 3.38. The molecule has 1 aliphatic rings. The van der Waals surface area contributed by atoms with Gasteiger partial charge in [0.2, 0.25) is 16.4 Å². The average molecular weight is 630 g/mol. The van der Waals surface area contributed by atoms with E-state index in [1.807, 2.05) is 31.4 Å². The highest BCUT2D eigenvalue weighted by Gasteiger charge is 2.30. The van der Waals surface area contributed by atoms with Crippen LogP contribution in [-0.2, 0) is 27.7 Å². The van der Waals surface area contributed by atoms with Gasteiger partial charge in [-0.25, -0.2) is 13.1 Å². The van der Waals surface area contributed by atoms with Gasteiger partial charge >= 0.3 is 0 Å². The lowest BCUT2D eigenvalue weighted by Gasteiger charge is -2.24. The number of aromatic nitrogens is 2. The molecular formula is C33H32ClN5O4S. The molecule has 3 aromatic carbocycles. The van der Waals surface area contributed by atoms with Gasteiger partial charge in [0, 0.05) is 54.2 Å². The fourth-order valence-electron chi connectivity index (χ4n) is 5.20. The highest BCUT2D eigenvalue weighted by atomic mass is 35.5. The number of fused-ring (bicyclic) bond motifs is 3. The van der Waals surface area contributed by atoms with Crippen molar-refractivity contribution in [1.82, 2.24) is 24.5 Å². The smallest absolute Gasteiger partial charge is 0.270 e. The van der Waals surface area contributed by atoms with E-state index < -0.39 is 10.0 Å². The van der Waals surface area contributed by atoms with E-state index in [2.05, 4.69) is 56.0 Å². The van der Waals surface area contributed by atoms with Crippen LogP contribution in [0.25, 0.3) is 27.7 Å². The van der Waals surface area contributed by atoms with Gasteiger partial charge < -0.3 is 14.8 Å². The number of sulfonamides is 1. The molecular weight excluding hydrogens is 598 g/mol. The fourth-order valence-corrected chi connectivity index (χ4v) is 6.05. The Morgan fingerprint density at radius 1 is 1.00 bits per heavy atom. The molecule has 44 heavy (non-hydrogen) atoms. The van der Waals surface area contributed by atoms with Crippen molar-refractivity contribution < 1.29 is 18.0 Å². The quantitative estimate of drug-likeness (QED) is 0.188. The number of nitrogens with zero attached hydrogens (tertiary/aromatic N) is 3. The number of halogens is 1. The van der Waals surface area contributed by atoms with Gasteiger partial charge in [0.25, 0.3) is 5.91 Å². The van der Waals surface area contributed by atoms with E-state index in [0.717, 1.165) is 57.4 Å². The number of nitrogens with one attached hydrogen (secondary N) is 2. The van der Waals surface area contributed by atoms with E-state index in [9.17, 15) is 18.0 Å². The summed E-state index contributed by atoms with van der Waals surface area (Å²) in [5, 5.41) is 4.32. The summed E-state index contributed by atoms with van der Waals surface area (Å²) in [7, 11) is -0.1000. The first kappa shape index (κ1) is 30.9. The van der Waals surface area contributed by atoms with Crippen LogP contribution in [0, 0.1) is 0 Å². The Morgan fingerprint density at radius 2 is 1.75 bits per heavy atom. The molecule has 2 amide bonds. The lowest BCUT2D eigenvalue weighted by molar-refractivity contribution is -0.109. The van der Waals surface area contributed by atoms with Gasteiger partial charge in [-0.1, -0.05) is 35.9 Å². The van der Waals surface area contributed by atoms with Crippen LogP contribution in [-0.4, -0.2) is 62.4 Å². The molecule has 9 nitrogen and oxygen atoms in total. The van der Waals surface area contributed by atoms with Gasteiger partial charge in [-0.3, -0.25) is 14.6 Å². The summed E-state index contributed by atoms with van der Waals surface area (Å²) in [6, 6.07) is 24.5. The standard InChI is InChI=1S/C26H24N4O2.C7H8ClNO2S/c1-29-14-11-22-23-15-19(20-3-2-12-27-16-20)6-9-24(23)30(25(22)26(29)32)21-7-4-18(5-8-21)10-13-28-17-31;1-9-12(10,11)7-4-2-6(8)3-5-7/h2-9,12,15-17H,10-11,13-14H2,1H3,(H,28,31);2-5,9H,1H3. The molecule has 0 bridgehead atoms. The zero-order chi connectivity index (χ0) is 31.3. The number of benzene rings is 3. The summed E-state index contributed by atoms with van der Waals surface area (Å²) in [4.78, 5) is 30.0. The Labute approximate surface area is 261 Å². The van der Waals surface area contributed by atoms with Crippen molar-refractivity contribution in [2.45, 2.75) is 17.7 Å². The number of carbonyl (C=O) groups is 2. The predicted octanol–water partition coefficient (Wildman–Crippen LogP) is 4.86. The number of hydrogen-bond donors (Lipinski definition) is 2. The largest absolute Gasteiger partial charge is 0.358 e. The predicted molar refractivity (Wildman–Crippen MR) is 173 cm³/mol. The molecule has 11 heteroatoms.